The van der Waals surface area contributed by atoms with E-state index in [0.29, 0.717) is 11.4 Å². The van der Waals surface area contributed by atoms with E-state index in [1.807, 2.05) is 6.07 Å². The first-order valence-electron chi connectivity index (χ1n) is 7.91. The van der Waals surface area contributed by atoms with Crippen molar-refractivity contribution >= 4 is 15.7 Å². The molecule has 1 heterocycles. The summed E-state index contributed by atoms with van der Waals surface area (Å²) in [5, 5.41) is 4.26. The third-order valence-corrected chi connectivity index (χ3v) is 5.57. The van der Waals surface area contributed by atoms with Crippen molar-refractivity contribution in [2.75, 3.05) is 4.72 Å². The molecule has 0 aliphatic heterocycles. The van der Waals surface area contributed by atoms with Gasteiger partial charge in [0.1, 0.15) is 4.90 Å². The van der Waals surface area contributed by atoms with Gasteiger partial charge in [0.05, 0.1) is 22.6 Å². The average Bonchev–Trinajstić information content (AvgIpc) is 2.90. The molecule has 0 atom stereocenters. The van der Waals surface area contributed by atoms with Gasteiger partial charge in [-0.1, -0.05) is 24.3 Å². The molecular formula is C18H16F3N3O2S. The maximum absolute atomic E-state index is 12.9. The number of hydrogen-bond acceptors (Lipinski definition) is 3. The molecule has 142 valence electrons. The molecule has 0 spiro atoms. The molecule has 9 heteroatoms. The van der Waals surface area contributed by atoms with Crippen molar-refractivity contribution in [2.24, 2.45) is 0 Å². The molecule has 0 aliphatic rings. The van der Waals surface area contributed by atoms with Crippen LogP contribution >= 0.6 is 0 Å². The number of sulfonamides is 1. The monoisotopic (exact) mass is 395 g/mol. The van der Waals surface area contributed by atoms with E-state index >= 15 is 0 Å². The predicted octanol–water partition coefficient (Wildman–Crippen LogP) is 4.31. The zero-order valence-electron chi connectivity index (χ0n) is 14.4. The first kappa shape index (κ1) is 19.0. The maximum Gasteiger partial charge on any atom is 0.416 e. The minimum atomic E-state index is -4.56. The predicted molar refractivity (Wildman–Crippen MR) is 95.3 cm³/mol. The van der Waals surface area contributed by atoms with Crippen LogP contribution in [0.4, 0.5) is 18.9 Å². The highest BCUT2D eigenvalue weighted by atomic mass is 32.2. The molecule has 0 amide bonds. The quantitative estimate of drug-likeness (QED) is 0.716. The van der Waals surface area contributed by atoms with Crippen LogP contribution in [0.3, 0.4) is 0 Å². The summed E-state index contributed by atoms with van der Waals surface area (Å²) in [6.45, 7) is 3.13. The number of nitrogens with one attached hydrogen (secondary N) is 1. The molecule has 0 aliphatic carbocycles. The van der Waals surface area contributed by atoms with Gasteiger partial charge < -0.3 is 0 Å². The molecule has 0 unspecified atom stereocenters. The molecule has 2 aromatic carbocycles. The van der Waals surface area contributed by atoms with Gasteiger partial charge in [-0.05, 0) is 44.2 Å². The number of anilines is 1. The second kappa shape index (κ2) is 6.73. The van der Waals surface area contributed by atoms with Gasteiger partial charge in [0.2, 0.25) is 0 Å². The number of nitrogens with zero attached hydrogens (tertiary/aromatic N) is 2. The highest BCUT2D eigenvalue weighted by Gasteiger charge is 2.31. The fraction of sp³-hybridized carbons (Fsp3) is 0.167. The summed E-state index contributed by atoms with van der Waals surface area (Å²) in [7, 11) is -4.12. The highest BCUT2D eigenvalue weighted by Crippen LogP contribution is 2.32. The first-order valence-corrected chi connectivity index (χ1v) is 9.39. The summed E-state index contributed by atoms with van der Waals surface area (Å²) < 4.78 is 67.9. The molecule has 0 fully saturated rings. The molecule has 3 rings (SSSR count). The number of para-hydroxylation sites is 1. The lowest BCUT2D eigenvalue weighted by molar-refractivity contribution is -0.137. The van der Waals surface area contributed by atoms with Crippen molar-refractivity contribution in [3.63, 3.8) is 0 Å². The summed E-state index contributed by atoms with van der Waals surface area (Å²) in [5.41, 5.74) is 0.180. The number of alkyl halides is 3. The Morgan fingerprint density at radius 3 is 2.30 bits per heavy atom. The van der Waals surface area contributed by atoms with Crippen LogP contribution in [0.5, 0.6) is 0 Å². The summed E-state index contributed by atoms with van der Waals surface area (Å²) in [4.78, 5) is -0.0660. The molecule has 0 saturated heterocycles. The van der Waals surface area contributed by atoms with Crippen LogP contribution < -0.4 is 4.72 Å². The van der Waals surface area contributed by atoms with Crippen molar-refractivity contribution in [2.45, 2.75) is 24.9 Å². The third-order valence-electron chi connectivity index (χ3n) is 3.94. The van der Waals surface area contributed by atoms with Crippen molar-refractivity contribution < 1.29 is 21.6 Å². The van der Waals surface area contributed by atoms with Crippen LogP contribution in [0.15, 0.2) is 59.5 Å². The topological polar surface area (TPSA) is 64.0 Å². The van der Waals surface area contributed by atoms with E-state index in [4.69, 9.17) is 0 Å². The van der Waals surface area contributed by atoms with Gasteiger partial charge in [0.25, 0.3) is 10.0 Å². The molecule has 0 radical (unpaired) electrons. The van der Waals surface area contributed by atoms with E-state index in [-0.39, 0.29) is 16.3 Å². The number of hydrogen-bond donors (Lipinski definition) is 1. The first-order chi connectivity index (χ1) is 12.6. The van der Waals surface area contributed by atoms with Crippen LogP contribution in [-0.4, -0.2) is 18.2 Å². The van der Waals surface area contributed by atoms with Gasteiger partial charge in [-0.2, -0.15) is 18.3 Å². The van der Waals surface area contributed by atoms with Crippen LogP contribution in [0.1, 0.15) is 17.0 Å². The SMILES string of the molecule is Cc1nn(-c2ccccc2)c(C)c1S(=O)(=O)Nc1cccc(C(F)(F)F)c1. The fourth-order valence-electron chi connectivity index (χ4n) is 2.80. The Hall–Kier alpha value is -2.81. The maximum atomic E-state index is 12.9. The minimum absolute atomic E-state index is 0.0660. The van der Waals surface area contributed by atoms with Gasteiger partial charge in [0, 0.05) is 5.69 Å². The largest absolute Gasteiger partial charge is 0.416 e. The van der Waals surface area contributed by atoms with Crippen molar-refractivity contribution in [1.82, 2.24) is 9.78 Å². The summed E-state index contributed by atoms with van der Waals surface area (Å²) in [5.74, 6) is 0. The number of aryl methyl sites for hydroxylation is 1. The van der Waals surface area contributed by atoms with Gasteiger partial charge in [-0.3, -0.25) is 4.72 Å². The second-order valence-electron chi connectivity index (χ2n) is 5.93. The van der Waals surface area contributed by atoms with E-state index < -0.39 is 21.8 Å². The van der Waals surface area contributed by atoms with Gasteiger partial charge >= 0.3 is 6.18 Å². The molecule has 1 aromatic heterocycles. The number of halogens is 3. The molecule has 5 nitrogen and oxygen atoms in total. The fourth-order valence-corrected chi connectivity index (χ4v) is 4.25. The van der Waals surface area contributed by atoms with E-state index in [0.717, 1.165) is 18.2 Å². The van der Waals surface area contributed by atoms with Crippen LogP contribution in [0.25, 0.3) is 5.69 Å². The second-order valence-corrected chi connectivity index (χ2v) is 7.55. The minimum Gasteiger partial charge on any atom is -0.280 e. The smallest absolute Gasteiger partial charge is 0.280 e. The van der Waals surface area contributed by atoms with Crippen LogP contribution in [0.2, 0.25) is 0 Å². The van der Waals surface area contributed by atoms with Crippen LogP contribution in [0, 0.1) is 13.8 Å². The Kier molecular flexibility index (Phi) is 4.73. The molecule has 0 saturated carbocycles. The standard InChI is InChI=1S/C18H16F3N3O2S/c1-12-17(13(2)24(22-12)16-9-4-3-5-10-16)27(25,26)23-15-8-6-7-14(11-15)18(19,20)21/h3-11,23H,1-2H3. The average molecular weight is 395 g/mol. The Bertz CT molecular complexity index is 1070. The van der Waals surface area contributed by atoms with Gasteiger partial charge in [-0.15, -0.1) is 0 Å². The van der Waals surface area contributed by atoms with Crippen molar-refractivity contribution in [3.05, 3.63) is 71.5 Å². The zero-order chi connectivity index (χ0) is 19.8. The summed E-state index contributed by atoms with van der Waals surface area (Å²) in [6.07, 6.45) is -4.56. The molecule has 3 aromatic rings. The Morgan fingerprint density at radius 2 is 1.67 bits per heavy atom. The van der Waals surface area contributed by atoms with Crippen LogP contribution in [-0.2, 0) is 16.2 Å². The number of rotatable bonds is 4. The lowest BCUT2D eigenvalue weighted by atomic mass is 10.2. The Morgan fingerprint density at radius 1 is 1.00 bits per heavy atom. The van der Waals surface area contributed by atoms with E-state index in [1.54, 1.807) is 31.2 Å². The third kappa shape index (κ3) is 3.82. The molecular weight excluding hydrogens is 379 g/mol. The van der Waals surface area contributed by atoms with Crippen molar-refractivity contribution in [3.8, 4) is 5.69 Å². The van der Waals surface area contributed by atoms with E-state index in [2.05, 4.69) is 9.82 Å². The lowest BCUT2D eigenvalue weighted by Gasteiger charge is -2.11. The zero-order valence-corrected chi connectivity index (χ0v) is 15.3. The summed E-state index contributed by atoms with van der Waals surface area (Å²) >= 11 is 0. The Balaban J connectivity index is 2.01. The number of benzene rings is 2. The van der Waals surface area contributed by atoms with Crippen molar-refractivity contribution in [1.29, 1.82) is 0 Å². The van der Waals surface area contributed by atoms with Gasteiger partial charge in [-0.25, -0.2) is 13.1 Å². The molecule has 1 N–H and O–H groups in total. The lowest BCUT2D eigenvalue weighted by Crippen LogP contribution is -2.15. The normalized spacial score (nSPS) is 12.2. The van der Waals surface area contributed by atoms with E-state index in [9.17, 15) is 21.6 Å². The van der Waals surface area contributed by atoms with Gasteiger partial charge in [0.15, 0.2) is 0 Å². The summed E-state index contributed by atoms with van der Waals surface area (Å²) in [6, 6.07) is 13.0. The molecule has 27 heavy (non-hydrogen) atoms. The molecule has 0 bridgehead atoms. The Labute approximate surface area is 154 Å². The highest BCUT2D eigenvalue weighted by molar-refractivity contribution is 7.92. The number of aromatic nitrogens is 2. The van der Waals surface area contributed by atoms with E-state index in [1.165, 1.54) is 17.7 Å².